The van der Waals surface area contributed by atoms with Gasteiger partial charge in [-0.05, 0) is 60.4 Å². The number of carbonyl (C=O) groups is 1. The highest BCUT2D eigenvalue weighted by atomic mass is 79.9. The highest BCUT2D eigenvalue weighted by Gasteiger charge is 2.49. The standard InChI is InChI=1S/C31H27BrFNO3/c32-23-13-16-26(29(19-23)37-20-21-7-3-1-4-8-21)30-27(31(36)34(30)25-9-5-2-6-10-25)17-18-28(35)22-11-14-24(33)15-12-22/h1-16,19,27-28,30,35H,17-18,20H2/t27-,28+,30-/m1/s1/i27D,30D. The van der Waals surface area contributed by atoms with Crippen molar-refractivity contribution in [1.29, 1.82) is 0 Å². The average Bonchev–Trinajstić information content (AvgIpc) is 2.96. The van der Waals surface area contributed by atoms with Gasteiger partial charge in [0.05, 0.1) is 19.4 Å². The minimum absolute atomic E-state index is 0.0425. The van der Waals surface area contributed by atoms with Gasteiger partial charge in [0.15, 0.2) is 0 Å². The van der Waals surface area contributed by atoms with E-state index in [4.69, 9.17) is 4.74 Å². The lowest BCUT2D eigenvalue weighted by Crippen LogP contribution is -2.55. The zero-order valence-electron chi connectivity index (χ0n) is 22.0. The monoisotopic (exact) mass is 561 g/mol. The van der Waals surface area contributed by atoms with Gasteiger partial charge in [-0.15, -0.1) is 0 Å². The van der Waals surface area contributed by atoms with E-state index in [0.717, 1.165) is 10.0 Å². The number of halogens is 2. The van der Waals surface area contributed by atoms with Crippen molar-refractivity contribution >= 4 is 27.5 Å². The van der Waals surface area contributed by atoms with Crippen molar-refractivity contribution in [2.75, 3.05) is 4.90 Å². The van der Waals surface area contributed by atoms with Crippen LogP contribution in [0.3, 0.4) is 0 Å². The lowest BCUT2D eigenvalue weighted by Gasteiger charge is -2.48. The molecule has 1 N–H and O–H groups in total. The van der Waals surface area contributed by atoms with Crippen LogP contribution in [0.2, 0.25) is 0 Å². The highest BCUT2D eigenvalue weighted by Crippen LogP contribution is 2.49. The number of carbonyl (C=O) groups excluding carboxylic acids is 1. The fraction of sp³-hybridized carbons (Fsp3) is 0.194. The minimum Gasteiger partial charge on any atom is -0.489 e. The lowest BCUT2D eigenvalue weighted by molar-refractivity contribution is -0.131. The van der Waals surface area contributed by atoms with Gasteiger partial charge in [0.1, 0.15) is 18.2 Å². The molecule has 1 saturated heterocycles. The Morgan fingerprint density at radius 3 is 2.35 bits per heavy atom. The molecule has 0 aromatic heterocycles. The van der Waals surface area contributed by atoms with Gasteiger partial charge in [-0.2, -0.15) is 0 Å². The normalized spacial score (nSPS) is 22.6. The summed E-state index contributed by atoms with van der Waals surface area (Å²) in [4.78, 5) is 15.0. The summed E-state index contributed by atoms with van der Waals surface area (Å²) in [5.41, 5.74) is 2.29. The summed E-state index contributed by atoms with van der Waals surface area (Å²) >= 11 is 3.48. The van der Waals surface area contributed by atoms with Crippen LogP contribution in [0.1, 0.15) is 44.4 Å². The number of hydrogen-bond acceptors (Lipinski definition) is 3. The number of anilines is 1. The first-order chi connectivity index (χ1) is 18.7. The molecular weight excluding hydrogens is 533 g/mol. The second-order valence-electron chi connectivity index (χ2n) is 8.82. The van der Waals surface area contributed by atoms with Gasteiger partial charge in [0.25, 0.3) is 0 Å². The van der Waals surface area contributed by atoms with E-state index in [1.807, 2.05) is 36.4 Å². The van der Waals surface area contributed by atoms with Gasteiger partial charge in [0.2, 0.25) is 5.91 Å². The first-order valence-corrected chi connectivity index (χ1v) is 12.8. The second kappa shape index (κ2) is 11.3. The lowest BCUT2D eigenvalue weighted by atomic mass is 9.78. The Hall–Kier alpha value is -3.48. The van der Waals surface area contributed by atoms with Crippen LogP contribution < -0.4 is 9.64 Å². The molecule has 0 bridgehead atoms. The van der Waals surface area contributed by atoms with Crippen LogP contribution in [0.5, 0.6) is 5.75 Å². The van der Waals surface area contributed by atoms with Gasteiger partial charge in [-0.25, -0.2) is 4.39 Å². The van der Waals surface area contributed by atoms with E-state index < -0.39 is 29.7 Å². The first-order valence-electron chi connectivity index (χ1n) is 13.0. The summed E-state index contributed by atoms with van der Waals surface area (Å²) in [7, 11) is 0. The molecule has 4 nitrogen and oxygen atoms in total. The minimum atomic E-state index is -1.91. The van der Waals surface area contributed by atoms with Crippen molar-refractivity contribution in [3.63, 3.8) is 0 Å². The molecule has 6 heteroatoms. The summed E-state index contributed by atoms with van der Waals surface area (Å²) in [6.07, 6.45) is -1.07. The quantitative estimate of drug-likeness (QED) is 0.217. The van der Waals surface area contributed by atoms with Crippen molar-refractivity contribution in [2.24, 2.45) is 5.89 Å². The Labute approximate surface area is 227 Å². The van der Waals surface area contributed by atoms with Crippen LogP contribution in [0.4, 0.5) is 10.1 Å². The topological polar surface area (TPSA) is 49.8 Å². The van der Waals surface area contributed by atoms with Gasteiger partial charge in [0, 0.05) is 17.1 Å². The maximum atomic E-state index is 13.7. The fourth-order valence-corrected chi connectivity index (χ4v) is 4.77. The summed E-state index contributed by atoms with van der Waals surface area (Å²) < 4.78 is 39.4. The Balaban J connectivity index is 1.52. The number of rotatable bonds is 9. The molecule has 1 heterocycles. The van der Waals surface area contributed by atoms with E-state index in [0.29, 0.717) is 22.6 Å². The van der Waals surface area contributed by atoms with E-state index in [1.54, 1.807) is 42.5 Å². The number of β-lactam (4-membered cyclic amide) rings is 1. The Bertz CT molecular complexity index is 1460. The molecule has 1 amide bonds. The van der Waals surface area contributed by atoms with Crippen molar-refractivity contribution in [2.45, 2.75) is 31.6 Å². The maximum Gasteiger partial charge on any atom is 0.233 e. The number of para-hydroxylation sites is 1. The molecule has 0 radical (unpaired) electrons. The molecule has 0 saturated carbocycles. The largest absolute Gasteiger partial charge is 0.489 e. The Morgan fingerprint density at radius 2 is 1.65 bits per heavy atom. The number of aliphatic hydroxyl groups is 1. The summed E-state index contributed by atoms with van der Waals surface area (Å²) in [6.45, 7) is 0.244. The molecule has 1 fully saturated rings. The molecule has 1 aliphatic heterocycles. The number of ether oxygens (including phenoxy) is 1. The smallest absolute Gasteiger partial charge is 0.233 e. The average molecular weight is 562 g/mol. The third-order valence-corrected chi connectivity index (χ3v) is 6.84. The van der Waals surface area contributed by atoms with Gasteiger partial charge >= 0.3 is 0 Å². The number of aliphatic hydroxyl groups excluding tert-OH is 1. The highest BCUT2D eigenvalue weighted by molar-refractivity contribution is 9.10. The summed E-state index contributed by atoms with van der Waals surface area (Å²) in [6, 6.07) is 27.3. The SMILES string of the molecule is [2H][C@]1(CC[C@H](O)c2ccc(F)cc2)C(=O)N(c2ccccc2)[C@]1([2H])c1ccc(Br)cc1OCc1ccccc1. The molecule has 4 aromatic carbocycles. The molecule has 4 aromatic rings. The van der Waals surface area contributed by atoms with E-state index in [1.165, 1.54) is 29.2 Å². The van der Waals surface area contributed by atoms with Gasteiger partial charge < -0.3 is 14.7 Å². The maximum absolute atomic E-state index is 13.7. The Kier molecular flexibility index (Phi) is 6.92. The summed E-state index contributed by atoms with van der Waals surface area (Å²) in [5.74, 6) is -2.49. The van der Waals surface area contributed by atoms with E-state index in [9.17, 15) is 17.0 Å². The zero-order chi connectivity index (χ0) is 27.6. The molecule has 0 unspecified atom stereocenters. The Morgan fingerprint density at radius 1 is 0.973 bits per heavy atom. The van der Waals surface area contributed by atoms with E-state index in [2.05, 4.69) is 15.9 Å². The van der Waals surface area contributed by atoms with Crippen molar-refractivity contribution < 1.29 is 21.8 Å². The van der Waals surface area contributed by atoms with Crippen LogP contribution in [0.15, 0.2) is 108 Å². The number of nitrogens with zero attached hydrogens (tertiary/aromatic N) is 1. The third-order valence-electron chi connectivity index (χ3n) is 6.34. The van der Waals surface area contributed by atoms with Gasteiger partial charge in [-0.3, -0.25) is 4.79 Å². The van der Waals surface area contributed by atoms with Crippen molar-refractivity contribution in [1.82, 2.24) is 0 Å². The van der Waals surface area contributed by atoms with Crippen molar-refractivity contribution in [3.05, 3.63) is 130 Å². The molecule has 3 atom stereocenters. The second-order valence-corrected chi connectivity index (χ2v) is 9.74. The van der Waals surface area contributed by atoms with Crippen LogP contribution in [0, 0.1) is 11.7 Å². The van der Waals surface area contributed by atoms with E-state index >= 15 is 0 Å². The number of hydrogen-bond donors (Lipinski definition) is 1. The van der Waals surface area contributed by atoms with Crippen LogP contribution >= 0.6 is 15.9 Å². The van der Waals surface area contributed by atoms with E-state index in [-0.39, 0.29) is 19.4 Å². The van der Waals surface area contributed by atoms with Crippen LogP contribution in [0.25, 0.3) is 0 Å². The molecule has 0 aliphatic carbocycles. The third kappa shape index (κ3) is 5.60. The molecule has 188 valence electrons. The van der Waals surface area contributed by atoms with Crippen LogP contribution in [-0.2, 0) is 11.4 Å². The van der Waals surface area contributed by atoms with Gasteiger partial charge in [-0.1, -0.05) is 82.7 Å². The molecule has 37 heavy (non-hydrogen) atoms. The molecular formula is C31H27BrFNO3. The van der Waals surface area contributed by atoms with Crippen molar-refractivity contribution in [3.8, 4) is 5.75 Å². The van der Waals surface area contributed by atoms with Crippen LogP contribution in [-0.4, -0.2) is 11.0 Å². The predicted molar refractivity (Wildman–Crippen MR) is 146 cm³/mol. The summed E-state index contributed by atoms with van der Waals surface area (Å²) in [5, 5.41) is 10.8. The first kappa shape index (κ1) is 22.7. The molecule has 1 aliphatic rings. The predicted octanol–water partition coefficient (Wildman–Crippen LogP) is 7.39. The number of benzene rings is 4. The number of amides is 1. The fourth-order valence-electron chi connectivity index (χ4n) is 4.43. The zero-order valence-corrected chi connectivity index (χ0v) is 21.6. The molecule has 5 rings (SSSR count). The molecule has 0 spiro atoms.